The quantitative estimate of drug-likeness (QED) is 0.136. The molecule has 2 aromatic heterocycles. The van der Waals surface area contributed by atoms with Crippen molar-refractivity contribution in [1.29, 1.82) is 0 Å². The first-order valence-corrected chi connectivity index (χ1v) is 32.7. The van der Waals surface area contributed by atoms with E-state index in [-0.39, 0.29) is 21.7 Å². The second kappa shape index (κ2) is 21.3. The Morgan fingerprint density at radius 1 is 0.364 bits per heavy atom. The molecule has 0 fully saturated rings. The van der Waals surface area contributed by atoms with E-state index in [4.69, 9.17) is 4.42 Å². The Morgan fingerprint density at radius 2 is 0.739 bits per heavy atom. The average molecular weight is 1180 g/mol. The molecule has 2 heterocycles. The van der Waals surface area contributed by atoms with Crippen LogP contribution in [-0.4, -0.2) is 0 Å². The SMILES string of the molecule is CC(C)(C)c1ccc(Sc2ccc(C3(c4ccc(C(C)(C)C)cc4)c4cc(N(c5ccccc5)c5ccc(C(C)(C)C)cc5)c5oc6ccccc6c5c4-c4c3cc(N(c3ccccc3)c3ccc(C(C)(C)C)cc3)c3sc5ccccc5c43)cc2)cc1. The molecule has 0 radical (unpaired) electrons. The predicted molar refractivity (Wildman–Crippen MR) is 379 cm³/mol. The number of para-hydroxylation sites is 3. The summed E-state index contributed by atoms with van der Waals surface area (Å²) in [6, 6.07) is 91.8. The van der Waals surface area contributed by atoms with Gasteiger partial charge < -0.3 is 14.2 Å². The van der Waals surface area contributed by atoms with E-state index in [9.17, 15) is 0 Å². The highest BCUT2D eigenvalue weighted by Gasteiger charge is 2.50. The lowest BCUT2D eigenvalue weighted by Gasteiger charge is -2.36. The zero-order chi connectivity index (χ0) is 61.1. The van der Waals surface area contributed by atoms with Gasteiger partial charge in [-0.1, -0.05) is 240 Å². The summed E-state index contributed by atoms with van der Waals surface area (Å²) in [6.45, 7) is 27.6. The zero-order valence-electron chi connectivity index (χ0n) is 52.7. The summed E-state index contributed by atoms with van der Waals surface area (Å²) >= 11 is 3.72. The number of hydrogen-bond donors (Lipinski definition) is 0. The van der Waals surface area contributed by atoms with Crippen LogP contribution in [0.1, 0.15) is 128 Å². The standard InChI is InChI=1S/C83H76N2OS2/c1-79(2,3)53-31-33-57(34-32-53)83(58-41-49-64(50-42-58)87-63-47-39-56(40-48-63)82(10,11)12)67-51-69(84(59-23-15-13-16-24-59)61-43-35-54(36-44-61)80(4,5)6)77-73(65-27-19-21-29-71(65)86-77)75(67)76-68(83)52-70(78-74(76)66-28-20-22-30-72(66)88-78)85(60-25-17-14-18-26-60)62-45-37-55(38-46-62)81(7,8)9/h13-52H,1-12H3. The first kappa shape index (κ1) is 57.2. The van der Waals surface area contributed by atoms with Gasteiger partial charge in [-0.05, 0) is 174 Å². The summed E-state index contributed by atoms with van der Waals surface area (Å²) in [7, 11) is 0. The number of thiophene rings is 1. The molecule has 1 aliphatic carbocycles. The molecule has 88 heavy (non-hydrogen) atoms. The first-order valence-electron chi connectivity index (χ1n) is 31.1. The normalized spacial score (nSPS) is 14.5. The van der Waals surface area contributed by atoms with E-state index < -0.39 is 5.41 Å². The van der Waals surface area contributed by atoms with Crippen LogP contribution in [0.15, 0.2) is 257 Å². The van der Waals surface area contributed by atoms with Gasteiger partial charge in [-0.25, -0.2) is 0 Å². The molecule has 0 amide bonds. The third-order valence-electron chi connectivity index (χ3n) is 18.2. The monoisotopic (exact) mass is 1180 g/mol. The van der Waals surface area contributed by atoms with E-state index in [1.807, 2.05) is 23.1 Å². The summed E-state index contributed by atoms with van der Waals surface area (Å²) in [5, 5.41) is 4.68. The van der Waals surface area contributed by atoms with Crippen molar-refractivity contribution in [3.05, 3.63) is 287 Å². The summed E-state index contributed by atoms with van der Waals surface area (Å²) in [5.74, 6) is 0. The van der Waals surface area contributed by atoms with Gasteiger partial charge in [0.1, 0.15) is 5.58 Å². The fraction of sp³-hybridized carbons (Fsp3) is 0.205. The minimum absolute atomic E-state index is 0.0192. The summed E-state index contributed by atoms with van der Waals surface area (Å²) in [4.78, 5) is 7.37. The number of rotatable bonds is 10. The Labute approximate surface area is 528 Å². The van der Waals surface area contributed by atoms with E-state index in [0.29, 0.717) is 0 Å². The molecule has 1 unspecified atom stereocenters. The minimum Gasteiger partial charge on any atom is -0.454 e. The number of furan rings is 1. The second-order valence-electron chi connectivity index (χ2n) is 28.2. The minimum atomic E-state index is -0.900. The van der Waals surface area contributed by atoms with Crippen LogP contribution < -0.4 is 9.80 Å². The molecule has 3 nitrogen and oxygen atoms in total. The molecule has 0 saturated heterocycles. The lowest BCUT2D eigenvalue weighted by atomic mass is 9.67. The molecule has 1 aliphatic rings. The maximum Gasteiger partial charge on any atom is 0.160 e. The van der Waals surface area contributed by atoms with Crippen molar-refractivity contribution in [2.75, 3.05) is 9.80 Å². The van der Waals surface area contributed by atoms with Crippen LogP contribution in [0.4, 0.5) is 34.1 Å². The van der Waals surface area contributed by atoms with Crippen molar-refractivity contribution in [3.8, 4) is 11.1 Å². The van der Waals surface area contributed by atoms with E-state index >= 15 is 0 Å². The fourth-order valence-corrected chi connectivity index (χ4v) is 15.6. The first-order chi connectivity index (χ1) is 42.2. The van der Waals surface area contributed by atoms with Crippen molar-refractivity contribution in [1.82, 2.24) is 0 Å². The highest BCUT2D eigenvalue weighted by atomic mass is 32.2. The molecule has 0 bridgehead atoms. The molecule has 0 N–H and O–H groups in total. The van der Waals surface area contributed by atoms with E-state index in [2.05, 4.69) is 336 Å². The number of fused-ring (bicyclic) bond motifs is 11. The smallest absolute Gasteiger partial charge is 0.160 e. The van der Waals surface area contributed by atoms with Gasteiger partial charge in [0.25, 0.3) is 0 Å². The van der Waals surface area contributed by atoms with Gasteiger partial charge >= 0.3 is 0 Å². The summed E-state index contributed by atoms with van der Waals surface area (Å²) in [6.07, 6.45) is 0. The molecular formula is C83H76N2OS2. The topological polar surface area (TPSA) is 19.6 Å². The highest BCUT2D eigenvalue weighted by Crippen LogP contribution is 2.65. The Morgan fingerprint density at radius 3 is 1.24 bits per heavy atom. The van der Waals surface area contributed by atoms with Crippen LogP contribution in [0.3, 0.4) is 0 Å². The molecule has 0 spiro atoms. The Kier molecular flexibility index (Phi) is 13.8. The summed E-state index contributed by atoms with van der Waals surface area (Å²) in [5.41, 5.74) is 19.6. The Balaban J connectivity index is 1.16. The van der Waals surface area contributed by atoms with Gasteiger partial charge in [0, 0.05) is 58.8 Å². The average Bonchev–Trinajstić information content (AvgIpc) is 1.50. The summed E-state index contributed by atoms with van der Waals surface area (Å²) < 4.78 is 9.97. The van der Waals surface area contributed by atoms with Crippen molar-refractivity contribution in [2.45, 2.75) is 120 Å². The third-order valence-corrected chi connectivity index (χ3v) is 20.4. The molecule has 1 atom stereocenters. The maximum atomic E-state index is 7.50. The molecule has 5 heteroatoms. The van der Waals surface area contributed by atoms with E-state index in [1.54, 1.807) is 0 Å². The van der Waals surface area contributed by atoms with Gasteiger partial charge in [0.15, 0.2) is 5.58 Å². The Bertz CT molecular complexity index is 4510. The van der Waals surface area contributed by atoms with Crippen LogP contribution in [-0.2, 0) is 27.1 Å². The molecule has 13 aromatic rings. The van der Waals surface area contributed by atoms with Crippen molar-refractivity contribution in [3.63, 3.8) is 0 Å². The number of anilines is 6. The van der Waals surface area contributed by atoms with E-state index in [1.165, 1.54) is 85.6 Å². The number of benzene rings is 11. The van der Waals surface area contributed by atoms with Gasteiger partial charge in [0.05, 0.1) is 21.5 Å². The molecule has 11 aromatic carbocycles. The van der Waals surface area contributed by atoms with Crippen molar-refractivity contribution in [2.24, 2.45) is 0 Å². The lowest BCUT2D eigenvalue weighted by Crippen LogP contribution is -2.29. The predicted octanol–water partition coefficient (Wildman–Crippen LogP) is 24.6. The molecule has 0 aliphatic heterocycles. The van der Waals surface area contributed by atoms with Crippen LogP contribution in [0.25, 0.3) is 53.2 Å². The van der Waals surface area contributed by atoms with Crippen LogP contribution in [0.5, 0.6) is 0 Å². The van der Waals surface area contributed by atoms with Gasteiger partial charge in [-0.15, -0.1) is 11.3 Å². The van der Waals surface area contributed by atoms with Crippen molar-refractivity contribution >= 4 is 99.3 Å². The maximum absolute atomic E-state index is 7.50. The molecule has 14 rings (SSSR count). The van der Waals surface area contributed by atoms with Crippen LogP contribution in [0, 0.1) is 0 Å². The van der Waals surface area contributed by atoms with Gasteiger partial charge in [-0.3, -0.25) is 0 Å². The Hall–Kier alpha value is -8.61. The van der Waals surface area contributed by atoms with Crippen LogP contribution >= 0.6 is 23.1 Å². The highest BCUT2D eigenvalue weighted by molar-refractivity contribution is 7.99. The second-order valence-corrected chi connectivity index (χ2v) is 30.4. The fourth-order valence-electron chi connectivity index (χ4n) is 13.5. The van der Waals surface area contributed by atoms with Gasteiger partial charge in [0.2, 0.25) is 0 Å². The molecule has 436 valence electrons. The number of nitrogens with zero attached hydrogens (tertiary/aromatic N) is 2. The van der Waals surface area contributed by atoms with Crippen LogP contribution in [0.2, 0.25) is 0 Å². The largest absolute Gasteiger partial charge is 0.454 e. The van der Waals surface area contributed by atoms with E-state index in [0.717, 1.165) is 56.1 Å². The molecular weight excluding hydrogens is 1110 g/mol. The lowest BCUT2D eigenvalue weighted by molar-refractivity contribution is 0.589. The zero-order valence-corrected chi connectivity index (χ0v) is 54.3. The number of hydrogen-bond acceptors (Lipinski definition) is 5. The van der Waals surface area contributed by atoms with Crippen molar-refractivity contribution < 1.29 is 4.42 Å². The van der Waals surface area contributed by atoms with Gasteiger partial charge in [-0.2, -0.15) is 0 Å². The third kappa shape index (κ3) is 9.73. The molecule has 0 saturated carbocycles.